The molecule has 6 nitrogen and oxygen atoms in total. The second-order valence-corrected chi connectivity index (χ2v) is 6.98. The number of benzene rings is 2. The molecule has 1 heterocycles. The van der Waals surface area contributed by atoms with Gasteiger partial charge in [0.15, 0.2) is 16.8 Å². The summed E-state index contributed by atoms with van der Waals surface area (Å²) in [6.45, 7) is 0.0923. The number of anilines is 1. The molecule has 2 aromatic carbocycles. The largest absolute Gasteiger partial charge is 0.485 e. The van der Waals surface area contributed by atoms with Gasteiger partial charge in [-0.1, -0.05) is 35.9 Å². The summed E-state index contributed by atoms with van der Waals surface area (Å²) in [5.74, 6) is 0.238. The Morgan fingerprint density at radius 3 is 2.70 bits per heavy atom. The Labute approximate surface area is 163 Å². The Hall–Kier alpha value is -2.61. The van der Waals surface area contributed by atoms with Gasteiger partial charge in [-0.05, 0) is 23.8 Å². The number of rotatable bonds is 7. The van der Waals surface area contributed by atoms with Crippen LogP contribution in [0.4, 0.5) is 5.69 Å². The molecule has 0 aliphatic heterocycles. The smallest absolute Gasteiger partial charge is 0.228 e. The van der Waals surface area contributed by atoms with Crippen LogP contribution >= 0.6 is 11.6 Å². The molecule has 0 radical (unpaired) electrons. The Morgan fingerprint density at radius 1 is 1.19 bits per heavy atom. The molecule has 0 bridgehead atoms. The Kier molecular flexibility index (Phi) is 6.28. The number of amides is 1. The van der Waals surface area contributed by atoms with Crippen LogP contribution in [0.25, 0.3) is 0 Å². The molecule has 0 spiro atoms. The van der Waals surface area contributed by atoms with Gasteiger partial charge in [-0.15, -0.1) is 0 Å². The summed E-state index contributed by atoms with van der Waals surface area (Å²) in [6, 6.07) is 13.4. The molecule has 0 fully saturated rings. The summed E-state index contributed by atoms with van der Waals surface area (Å²) in [5.41, 5.74) is 1.64. The lowest BCUT2D eigenvalue weighted by molar-refractivity contribution is -0.115. The Balaban J connectivity index is 1.70. The van der Waals surface area contributed by atoms with Crippen LogP contribution in [0.3, 0.4) is 0 Å². The number of carbonyl (C=O) groups is 1. The first-order valence-electron chi connectivity index (χ1n) is 7.95. The van der Waals surface area contributed by atoms with Crippen molar-refractivity contribution in [2.45, 2.75) is 17.9 Å². The lowest BCUT2D eigenvalue weighted by atomic mass is 10.1. The quantitative estimate of drug-likeness (QED) is 0.573. The topological polar surface area (TPSA) is 88.8 Å². The fourth-order valence-electron chi connectivity index (χ4n) is 2.43. The highest BCUT2D eigenvalue weighted by atomic mass is 35.5. The van der Waals surface area contributed by atoms with E-state index in [9.17, 15) is 13.6 Å². The molecule has 3 aromatic rings. The lowest BCUT2D eigenvalue weighted by Gasteiger charge is -2.11. The third-order valence-electron chi connectivity index (χ3n) is 3.74. The van der Waals surface area contributed by atoms with Gasteiger partial charge in [0.1, 0.15) is 12.9 Å². The van der Waals surface area contributed by atoms with Crippen molar-refractivity contribution in [2.24, 2.45) is 0 Å². The zero-order valence-electron chi connectivity index (χ0n) is 14.1. The van der Waals surface area contributed by atoms with Crippen molar-refractivity contribution >= 4 is 34.3 Å². The summed E-state index contributed by atoms with van der Waals surface area (Å²) >= 11 is 3.83. The summed E-state index contributed by atoms with van der Waals surface area (Å²) in [4.78, 5) is 12.4. The van der Waals surface area contributed by atoms with Crippen molar-refractivity contribution in [1.29, 1.82) is 0 Å². The summed E-state index contributed by atoms with van der Waals surface area (Å²) in [7, 11) is 0. The first-order chi connectivity index (χ1) is 13.0. The maximum atomic E-state index is 12.2. The first kappa shape index (κ1) is 19.2. The molecule has 1 unspecified atom stereocenters. The first-order valence-corrected chi connectivity index (χ1v) is 9.43. The number of carbonyl (C=O) groups excluding carboxylic acids is 1. The van der Waals surface area contributed by atoms with E-state index in [1.807, 2.05) is 0 Å². The van der Waals surface area contributed by atoms with E-state index in [4.69, 9.17) is 20.8 Å². The van der Waals surface area contributed by atoms with Crippen LogP contribution in [0, 0.1) is 0 Å². The molecule has 0 saturated carbocycles. The summed E-state index contributed by atoms with van der Waals surface area (Å²) in [5, 5.41) is 3.22. The maximum Gasteiger partial charge on any atom is 0.228 e. The molecule has 0 aliphatic rings. The third-order valence-corrected chi connectivity index (χ3v) is 4.86. The molecule has 27 heavy (non-hydrogen) atoms. The van der Waals surface area contributed by atoms with E-state index < -0.39 is 11.1 Å². The van der Waals surface area contributed by atoms with E-state index in [0.717, 1.165) is 0 Å². The molecular formula is C19H16ClNO5S. The fraction of sp³-hybridized carbons (Fsp3) is 0.105. The summed E-state index contributed by atoms with van der Waals surface area (Å²) < 4.78 is 31.6. The Bertz CT molecular complexity index is 958. The average molecular weight is 406 g/mol. The van der Waals surface area contributed by atoms with E-state index in [0.29, 0.717) is 27.6 Å². The van der Waals surface area contributed by atoms with Gasteiger partial charge in [0, 0.05) is 22.3 Å². The van der Waals surface area contributed by atoms with E-state index in [2.05, 4.69) is 5.32 Å². The average Bonchev–Trinajstić information content (AvgIpc) is 3.16. The number of nitrogens with one attached hydrogen (secondary N) is 1. The van der Waals surface area contributed by atoms with Crippen LogP contribution in [-0.4, -0.2) is 14.7 Å². The van der Waals surface area contributed by atoms with E-state index in [-0.39, 0.29) is 23.8 Å². The molecule has 1 atom stereocenters. The predicted octanol–water partition coefficient (Wildman–Crippen LogP) is 4.27. The van der Waals surface area contributed by atoms with Crippen LogP contribution in [0.1, 0.15) is 11.1 Å². The second kappa shape index (κ2) is 8.85. The van der Waals surface area contributed by atoms with Gasteiger partial charge in [0.05, 0.1) is 17.6 Å². The SMILES string of the molecule is O=C(Cc1ccccc1Cl)Nc1ccc(COc2ccoc2)c(S(=O)O)c1. The number of halogens is 1. The number of hydrogen-bond acceptors (Lipinski definition) is 4. The number of hydrogen-bond donors (Lipinski definition) is 2. The minimum Gasteiger partial charge on any atom is -0.485 e. The molecule has 0 aliphatic carbocycles. The van der Waals surface area contributed by atoms with Crippen molar-refractivity contribution in [3.63, 3.8) is 0 Å². The molecule has 8 heteroatoms. The van der Waals surface area contributed by atoms with E-state index in [1.54, 1.807) is 42.5 Å². The van der Waals surface area contributed by atoms with Gasteiger partial charge in [0.2, 0.25) is 5.91 Å². The monoisotopic (exact) mass is 405 g/mol. The zero-order valence-corrected chi connectivity index (χ0v) is 15.6. The molecule has 2 N–H and O–H groups in total. The third kappa shape index (κ3) is 5.19. The van der Waals surface area contributed by atoms with Crippen molar-refractivity contribution < 1.29 is 22.7 Å². The van der Waals surface area contributed by atoms with Crippen LogP contribution in [0.5, 0.6) is 5.75 Å². The predicted molar refractivity (Wildman–Crippen MR) is 102 cm³/mol. The van der Waals surface area contributed by atoms with Crippen LogP contribution in [0.15, 0.2) is 70.4 Å². The molecule has 1 aromatic heterocycles. The Morgan fingerprint density at radius 2 is 2.00 bits per heavy atom. The van der Waals surface area contributed by atoms with Crippen LogP contribution < -0.4 is 10.1 Å². The van der Waals surface area contributed by atoms with Crippen molar-refractivity contribution in [3.8, 4) is 5.75 Å². The van der Waals surface area contributed by atoms with Crippen molar-refractivity contribution in [1.82, 2.24) is 0 Å². The number of furan rings is 1. The van der Waals surface area contributed by atoms with E-state index in [1.165, 1.54) is 18.6 Å². The highest BCUT2D eigenvalue weighted by Crippen LogP contribution is 2.22. The van der Waals surface area contributed by atoms with E-state index >= 15 is 0 Å². The molecule has 1 amide bonds. The van der Waals surface area contributed by atoms with Gasteiger partial charge in [-0.2, -0.15) is 0 Å². The van der Waals surface area contributed by atoms with Crippen LogP contribution in [-0.2, 0) is 28.9 Å². The highest BCUT2D eigenvalue weighted by molar-refractivity contribution is 7.79. The minimum absolute atomic E-state index is 0.0923. The highest BCUT2D eigenvalue weighted by Gasteiger charge is 2.13. The molecule has 3 rings (SSSR count). The molecule has 140 valence electrons. The van der Waals surface area contributed by atoms with Crippen LogP contribution in [0.2, 0.25) is 5.02 Å². The van der Waals surface area contributed by atoms with Crippen molar-refractivity contribution in [3.05, 3.63) is 77.2 Å². The van der Waals surface area contributed by atoms with Crippen molar-refractivity contribution in [2.75, 3.05) is 5.32 Å². The fourth-order valence-corrected chi connectivity index (χ4v) is 3.21. The van der Waals surface area contributed by atoms with Gasteiger partial charge >= 0.3 is 0 Å². The minimum atomic E-state index is -2.23. The number of ether oxygens (including phenoxy) is 1. The summed E-state index contributed by atoms with van der Waals surface area (Å²) in [6.07, 6.45) is 3.00. The lowest BCUT2D eigenvalue weighted by Crippen LogP contribution is -2.15. The van der Waals surface area contributed by atoms with Gasteiger partial charge in [0.25, 0.3) is 0 Å². The van der Waals surface area contributed by atoms with Gasteiger partial charge in [-0.3, -0.25) is 4.79 Å². The standard InChI is InChI=1S/C19H16ClNO5S/c20-17-4-2-1-3-13(17)9-19(22)21-15-6-5-14(18(10-15)27(23)24)11-26-16-7-8-25-12-16/h1-8,10,12H,9,11H2,(H,21,22)(H,23,24). The van der Waals surface area contributed by atoms with Gasteiger partial charge < -0.3 is 19.0 Å². The van der Waals surface area contributed by atoms with Gasteiger partial charge in [-0.25, -0.2) is 4.21 Å². The molecular weight excluding hydrogens is 390 g/mol. The zero-order chi connectivity index (χ0) is 19.2. The normalized spacial score (nSPS) is 11.8. The molecule has 0 saturated heterocycles. The second-order valence-electron chi connectivity index (χ2n) is 5.64. The maximum absolute atomic E-state index is 12.2.